The maximum Gasteiger partial charge on any atom is 0.166 e. The summed E-state index contributed by atoms with van der Waals surface area (Å²) in [6.07, 6.45) is 1.00. The Bertz CT molecular complexity index is 61.9. The van der Waals surface area contributed by atoms with Crippen LogP contribution < -0.4 is 0 Å². The molecule has 0 unspecified atom stereocenters. The van der Waals surface area contributed by atoms with E-state index in [1.54, 1.807) is 6.92 Å². The molecule has 0 bridgehead atoms. The summed E-state index contributed by atoms with van der Waals surface area (Å²) in [6.45, 7) is 2.34. The first-order chi connectivity index (χ1) is 2.91. The highest BCUT2D eigenvalue weighted by atomic mass is 16.5. The van der Waals surface area contributed by atoms with Gasteiger partial charge in [-0.3, -0.25) is 0 Å². The van der Waals surface area contributed by atoms with Crippen molar-refractivity contribution in [2.24, 2.45) is 0 Å². The zero-order chi connectivity index (χ0) is 4.83. The third kappa shape index (κ3) is 3.25. The van der Waals surface area contributed by atoms with Gasteiger partial charge in [0, 0.05) is 0 Å². The number of ether oxygens (including phenoxy) is 1. The molecular weight excluding hydrogens is 80.0 g/mol. The van der Waals surface area contributed by atoms with Gasteiger partial charge in [0.05, 0.1) is 6.61 Å². The van der Waals surface area contributed by atoms with Crippen molar-refractivity contribution in [2.75, 3.05) is 6.61 Å². The number of carbonyl (C=O) groups excluding carboxylic acids is 1. The molecule has 0 heterocycles. The Morgan fingerprint density at radius 1 is 2.00 bits per heavy atom. The molecule has 0 aliphatic heterocycles. The minimum absolute atomic E-state index is 0.537. The SMILES string of the molecule is CCOC=C=O. The van der Waals surface area contributed by atoms with Crippen LogP contribution in [0.5, 0.6) is 0 Å². The van der Waals surface area contributed by atoms with Crippen molar-refractivity contribution in [1.82, 2.24) is 0 Å². The molecule has 34 valence electrons. The van der Waals surface area contributed by atoms with Crippen molar-refractivity contribution in [1.29, 1.82) is 0 Å². The predicted octanol–water partition coefficient (Wildman–Crippen LogP) is 0.368. The second kappa shape index (κ2) is 4.25. The van der Waals surface area contributed by atoms with Crippen LogP contribution >= 0.6 is 0 Å². The lowest BCUT2D eigenvalue weighted by atomic mass is 10.9. The lowest BCUT2D eigenvalue weighted by Gasteiger charge is -1.82. The first kappa shape index (κ1) is 5.25. The van der Waals surface area contributed by atoms with E-state index in [2.05, 4.69) is 4.74 Å². The van der Waals surface area contributed by atoms with E-state index in [0.29, 0.717) is 6.61 Å². The highest BCUT2D eigenvalue weighted by Gasteiger charge is 1.61. The number of hydrogen-bond acceptors (Lipinski definition) is 2. The molecule has 0 fully saturated rings. The van der Waals surface area contributed by atoms with Crippen LogP contribution in [0.1, 0.15) is 6.92 Å². The lowest BCUT2D eigenvalue weighted by molar-refractivity contribution is 0.271. The topological polar surface area (TPSA) is 26.3 Å². The highest BCUT2D eigenvalue weighted by Crippen LogP contribution is 1.64. The van der Waals surface area contributed by atoms with Gasteiger partial charge in [-0.2, -0.15) is 0 Å². The average molecular weight is 86.1 g/mol. The van der Waals surface area contributed by atoms with Crippen LogP contribution in [0.2, 0.25) is 0 Å². The van der Waals surface area contributed by atoms with Crippen LogP contribution in [0, 0.1) is 0 Å². The van der Waals surface area contributed by atoms with E-state index in [-0.39, 0.29) is 0 Å². The Balaban J connectivity index is 2.86. The molecule has 0 aromatic rings. The number of rotatable bonds is 2. The van der Waals surface area contributed by atoms with Crippen LogP contribution in [-0.2, 0) is 9.53 Å². The molecule has 0 amide bonds. The first-order valence-corrected chi connectivity index (χ1v) is 1.72. The van der Waals surface area contributed by atoms with Gasteiger partial charge in [-0.15, -0.1) is 0 Å². The molecule has 0 radical (unpaired) electrons. The molecule has 0 spiro atoms. The van der Waals surface area contributed by atoms with Gasteiger partial charge in [0.2, 0.25) is 0 Å². The van der Waals surface area contributed by atoms with Gasteiger partial charge < -0.3 is 4.74 Å². The second-order valence-corrected chi connectivity index (χ2v) is 0.691. The van der Waals surface area contributed by atoms with Crippen molar-refractivity contribution >= 4 is 5.94 Å². The summed E-state index contributed by atoms with van der Waals surface area (Å²) in [5, 5.41) is 0. The van der Waals surface area contributed by atoms with E-state index in [1.165, 1.54) is 5.94 Å². The summed E-state index contributed by atoms with van der Waals surface area (Å²) in [4.78, 5) is 9.26. The molecule has 0 aromatic carbocycles. The quantitative estimate of drug-likeness (QED) is 0.358. The molecule has 2 heteroatoms. The molecule has 2 nitrogen and oxygen atoms in total. The van der Waals surface area contributed by atoms with Crippen LogP contribution in [0.4, 0.5) is 0 Å². The molecular formula is C4H6O2. The zero-order valence-electron chi connectivity index (χ0n) is 3.60. The normalized spacial score (nSPS) is 6.17. The Morgan fingerprint density at radius 3 is 2.83 bits per heavy atom. The summed E-state index contributed by atoms with van der Waals surface area (Å²) in [7, 11) is 0. The monoisotopic (exact) mass is 86.0 g/mol. The van der Waals surface area contributed by atoms with E-state index in [4.69, 9.17) is 0 Å². The zero-order valence-corrected chi connectivity index (χ0v) is 3.60. The van der Waals surface area contributed by atoms with Crippen molar-refractivity contribution in [3.8, 4) is 0 Å². The minimum atomic E-state index is 0.537. The molecule has 0 aliphatic rings. The molecule has 0 rings (SSSR count). The van der Waals surface area contributed by atoms with Crippen LogP contribution in [0.15, 0.2) is 6.26 Å². The first-order valence-electron chi connectivity index (χ1n) is 1.72. The highest BCUT2D eigenvalue weighted by molar-refractivity contribution is 5.42. The van der Waals surface area contributed by atoms with Crippen LogP contribution in [0.3, 0.4) is 0 Å². The van der Waals surface area contributed by atoms with E-state index < -0.39 is 0 Å². The fourth-order valence-electron chi connectivity index (χ4n) is 0.117. The molecule has 0 atom stereocenters. The van der Waals surface area contributed by atoms with Crippen LogP contribution in [0.25, 0.3) is 0 Å². The summed E-state index contributed by atoms with van der Waals surface area (Å²) < 4.78 is 4.43. The van der Waals surface area contributed by atoms with Gasteiger partial charge >= 0.3 is 0 Å². The van der Waals surface area contributed by atoms with Gasteiger partial charge in [0.25, 0.3) is 0 Å². The molecule has 0 aromatic heterocycles. The molecule has 0 saturated heterocycles. The van der Waals surface area contributed by atoms with Gasteiger partial charge in [0.15, 0.2) is 12.2 Å². The Kier molecular flexibility index (Phi) is 3.72. The second-order valence-electron chi connectivity index (χ2n) is 0.691. The number of hydrogen-bond donors (Lipinski definition) is 0. The van der Waals surface area contributed by atoms with Crippen molar-refractivity contribution in [3.63, 3.8) is 0 Å². The summed E-state index contributed by atoms with van der Waals surface area (Å²) in [5.41, 5.74) is 0. The van der Waals surface area contributed by atoms with E-state index >= 15 is 0 Å². The fourth-order valence-corrected chi connectivity index (χ4v) is 0.117. The summed E-state index contributed by atoms with van der Waals surface area (Å²) in [6, 6.07) is 0. The van der Waals surface area contributed by atoms with E-state index in [0.717, 1.165) is 6.26 Å². The van der Waals surface area contributed by atoms with Crippen molar-refractivity contribution in [2.45, 2.75) is 6.92 Å². The predicted molar refractivity (Wildman–Crippen MR) is 21.9 cm³/mol. The molecule has 0 saturated carbocycles. The van der Waals surface area contributed by atoms with Crippen molar-refractivity contribution < 1.29 is 9.53 Å². The van der Waals surface area contributed by atoms with Crippen LogP contribution in [-0.4, -0.2) is 12.5 Å². The van der Waals surface area contributed by atoms with Gasteiger partial charge in [-0.1, -0.05) is 0 Å². The van der Waals surface area contributed by atoms with Crippen molar-refractivity contribution in [3.05, 3.63) is 6.26 Å². The standard InChI is InChI=1S/C4H6O2/c1-2-6-4-3-5/h4H,2H2,1H3. The van der Waals surface area contributed by atoms with E-state index in [1.807, 2.05) is 0 Å². The largest absolute Gasteiger partial charge is 0.490 e. The molecule has 0 N–H and O–H groups in total. The maximum atomic E-state index is 9.26. The summed E-state index contributed by atoms with van der Waals surface area (Å²) in [5.74, 6) is 1.47. The Hall–Kier alpha value is -0.750. The third-order valence-electron chi connectivity index (χ3n) is 0.298. The maximum absolute atomic E-state index is 9.26. The molecule has 0 aliphatic carbocycles. The Labute approximate surface area is 36.4 Å². The van der Waals surface area contributed by atoms with Gasteiger partial charge in [0.1, 0.15) is 0 Å². The van der Waals surface area contributed by atoms with Gasteiger partial charge in [-0.25, -0.2) is 4.79 Å². The van der Waals surface area contributed by atoms with Gasteiger partial charge in [-0.05, 0) is 6.92 Å². The molecule has 6 heavy (non-hydrogen) atoms. The minimum Gasteiger partial charge on any atom is -0.490 e. The smallest absolute Gasteiger partial charge is 0.166 e. The van der Waals surface area contributed by atoms with E-state index in [9.17, 15) is 4.79 Å². The third-order valence-corrected chi connectivity index (χ3v) is 0.298. The summed E-state index contributed by atoms with van der Waals surface area (Å²) >= 11 is 0. The fraction of sp³-hybridized carbons (Fsp3) is 0.500. The lowest BCUT2D eigenvalue weighted by Crippen LogP contribution is -1.74. The Morgan fingerprint density at radius 2 is 2.67 bits per heavy atom. The average Bonchev–Trinajstić information content (AvgIpc) is 1.61.